The van der Waals surface area contributed by atoms with Crippen molar-refractivity contribution in [2.75, 3.05) is 7.11 Å². The van der Waals surface area contributed by atoms with Crippen molar-refractivity contribution in [3.8, 4) is 11.2 Å². The van der Waals surface area contributed by atoms with Gasteiger partial charge in [-0.3, -0.25) is 0 Å². The van der Waals surface area contributed by atoms with Gasteiger partial charge in [0.2, 0.25) is 5.13 Å². The molecule has 0 N–H and O–H groups in total. The number of ether oxygens (including phenoxy) is 1. The van der Waals surface area contributed by atoms with E-state index in [4.69, 9.17) is 4.74 Å². The van der Waals surface area contributed by atoms with E-state index in [1.54, 1.807) is 11.8 Å². The monoisotopic (exact) mass is 312 g/mol. The van der Waals surface area contributed by atoms with Gasteiger partial charge in [0.05, 0.1) is 5.69 Å². The van der Waals surface area contributed by atoms with E-state index < -0.39 is 0 Å². The minimum absolute atomic E-state index is 0.298. The third-order valence-corrected chi connectivity index (χ3v) is 3.86. The summed E-state index contributed by atoms with van der Waals surface area (Å²) >= 11 is 1.36. The summed E-state index contributed by atoms with van der Waals surface area (Å²) in [4.78, 5) is 0. The lowest BCUT2D eigenvalue weighted by Crippen LogP contribution is -2.04. The van der Waals surface area contributed by atoms with Gasteiger partial charge in [-0.1, -0.05) is 46.9 Å². The van der Waals surface area contributed by atoms with Gasteiger partial charge in [-0.15, -0.1) is 15.3 Å². The first-order valence-corrected chi connectivity index (χ1v) is 7.33. The second kappa shape index (κ2) is 6.43. The molecule has 2 heterocycles. The molecule has 0 amide bonds. The lowest BCUT2D eigenvalue weighted by molar-refractivity contribution is 0.184. The Kier molecular flexibility index (Phi) is 4.18. The molecule has 0 saturated carbocycles. The van der Waals surface area contributed by atoms with E-state index in [0.29, 0.717) is 29.5 Å². The van der Waals surface area contributed by atoms with Gasteiger partial charge in [0.25, 0.3) is 0 Å². The van der Waals surface area contributed by atoms with Crippen LogP contribution in [0.5, 0.6) is 0 Å². The van der Waals surface area contributed by atoms with Gasteiger partial charge >= 0.3 is 0 Å². The van der Waals surface area contributed by atoms with Crippen LogP contribution in [0.4, 0.5) is 0 Å². The van der Waals surface area contributed by atoms with Crippen LogP contribution in [0.15, 0.2) is 30.3 Å². The Morgan fingerprint density at radius 3 is 2.77 bits per heavy atom. The Morgan fingerprint density at radius 1 is 1.23 bits per heavy atom. The van der Waals surface area contributed by atoms with Gasteiger partial charge in [0, 0.05) is 13.5 Å². The number of hydrogen-bond acceptors (Lipinski definition) is 7. The van der Waals surface area contributed by atoms with Crippen LogP contribution < -0.4 is 0 Å². The van der Waals surface area contributed by atoms with Gasteiger partial charge in [0.15, 0.2) is 5.69 Å². The molecule has 3 aromatic rings. The predicted molar refractivity (Wildman–Crippen MR) is 79.5 cm³/mol. The van der Waals surface area contributed by atoms with Crippen LogP contribution in [0, 0.1) is 11.3 Å². The third kappa shape index (κ3) is 2.86. The first-order chi connectivity index (χ1) is 10.8. The number of nitrogens with zero attached hydrogens (tertiary/aromatic N) is 6. The average Bonchev–Trinajstić information content (AvgIpc) is 3.15. The van der Waals surface area contributed by atoms with E-state index in [2.05, 4.69) is 26.6 Å². The summed E-state index contributed by atoms with van der Waals surface area (Å²) in [6, 6.07) is 11.9. The summed E-state index contributed by atoms with van der Waals surface area (Å²) in [6.45, 7) is 0.394. The molecule has 0 atom stereocenters. The normalized spacial score (nSPS) is 10.5. The van der Waals surface area contributed by atoms with Gasteiger partial charge in [-0.2, -0.15) is 9.94 Å². The third-order valence-electron chi connectivity index (χ3n) is 2.99. The molecule has 8 heteroatoms. The zero-order valence-corrected chi connectivity index (χ0v) is 12.6. The fourth-order valence-corrected chi connectivity index (χ4v) is 2.79. The molecule has 2 aromatic heterocycles. The molecule has 0 spiro atoms. The molecule has 0 bridgehead atoms. The molecule has 0 aliphatic heterocycles. The molecule has 1 aromatic carbocycles. The molecule has 22 heavy (non-hydrogen) atoms. The average molecular weight is 312 g/mol. The van der Waals surface area contributed by atoms with E-state index >= 15 is 0 Å². The SMILES string of the molecule is COCc1nnc(-n2nnc(C#N)c2Cc2ccccc2)s1. The van der Waals surface area contributed by atoms with Crippen molar-refractivity contribution in [1.29, 1.82) is 5.26 Å². The lowest BCUT2D eigenvalue weighted by atomic mass is 10.1. The smallest absolute Gasteiger partial charge is 0.234 e. The maximum absolute atomic E-state index is 9.23. The molecule has 110 valence electrons. The van der Waals surface area contributed by atoms with Crippen LogP contribution in [0.1, 0.15) is 22.0 Å². The van der Waals surface area contributed by atoms with Crippen molar-refractivity contribution in [3.05, 3.63) is 52.3 Å². The molecule has 0 aliphatic carbocycles. The summed E-state index contributed by atoms with van der Waals surface area (Å²) in [5.74, 6) is 0. The molecule has 3 rings (SSSR count). The number of benzene rings is 1. The maximum Gasteiger partial charge on any atom is 0.234 e. The number of nitriles is 1. The summed E-state index contributed by atoms with van der Waals surface area (Å²) < 4.78 is 6.61. The second-order valence-corrected chi connectivity index (χ2v) is 5.52. The van der Waals surface area contributed by atoms with Crippen molar-refractivity contribution >= 4 is 11.3 Å². The highest BCUT2D eigenvalue weighted by molar-refractivity contribution is 7.13. The summed E-state index contributed by atoms with van der Waals surface area (Å²) in [6.07, 6.45) is 0.552. The van der Waals surface area contributed by atoms with Crippen LogP contribution >= 0.6 is 11.3 Å². The summed E-state index contributed by atoms with van der Waals surface area (Å²) in [7, 11) is 1.60. The Balaban J connectivity index is 1.98. The van der Waals surface area contributed by atoms with Crippen molar-refractivity contribution in [2.45, 2.75) is 13.0 Å². The van der Waals surface area contributed by atoms with Gasteiger partial charge < -0.3 is 4.74 Å². The van der Waals surface area contributed by atoms with E-state index in [1.165, 1.54) is 11.3 Å². The van der Waals surface area contributed by atoms with Crippen LogP contribution in [0.2, 0.25) is 0 Å². The summed E-state index contributed by atoms with van der Waals surface area (Å²) in [5, 5.41) is 26.6. The number of methoxy groups -OCH3 is 1. The Morgan fingerprint density at radius 2 is 2.05 bits per heavy atom. The van der Waals surface area contributed by atoms with Crippen LogP contribution in [0.3, 0.4) is 0 Å². The molecular weight excluding hydrogens is 300 g/mol. The molecule has 0 fully saturated rings. The standard InChI is InChI=1S/C14H12N6OS/c1-21-9-13-17-18-14(22-13)20-12(11(8-15)16-19-20)7-10-5-3-2-4-6-10/h2-6H,7,9H2,1H3. The first-order valence-electron chi connectivity index (χ1n) is 6.52. The minimum atomic E-state index is 0.298. The topological polar surface area (TPSA) is 89.5 Å². The molecule has 0 unspecified atom stereocenters. The molecule has 0 saturated heterocycles. The zero-order valence-electron chi connectivity index (χ0n) is 11.8. The van der Waals surface area contributed by atoms with Gasteiger partial charge in [-0.05, 0) is 5.56 Å². The van der Waals surface area contributed by atoms with Crippen molar-refractivity contribution in [1.82, 2.24) is 25.2 Å². The Hall–Kier alpha value is -2.63. The second-order valence-electron chi connectivity index (χ2n) is 4.48. The highest BCUT2D eigenvalue weighted by atomic mass is 32.1. The van der Waals surface area contributed by atoms with Gasteiger partial charge in [0.1, 0.15) is 17.7 Å². The van der Waals surface area contributed by atoms with E-state index in [9.17, 15) is 5.26 Å². The highest BCUT2D eigenvalue weighted by Crippen LogP contribution is 2.20. The fraction of sp³-hybridized carbons (Fsp3) is 0.214. The van der Waals surface area contributed by atoms with Crippen LogP contribution in [-0.4, -0.2) is 32.3 Å². The van der Waals surface area contributed by atoms with Gasteiger partial charge in [-0.25, -0.2) is 0 Å². The summed E-state index contributed by atoms with van der Waals surface area (Å²) in [5.41, 5.74) is 2.07. The van der Waals surface area contributed by atoms with E-state index in [-0.39, 0.29) is 0 Å². The molecular formula is C14H12N6OS. The lowest BCUT2D eigenvalue weighted by Gasteiger charge is -2.03. The number of hydrogen-bond donors (Lipinski definition) is 0. The van der Waals surface area contributed by atoms with E-state index in [0.717, 1.165) is 10.6 Å². The maximum atomic E-state index is 9.23. The Bertz CT molecular complexity index is 804. The van der Waals surface area contributed by atoms with E-state index in [1.807, 2.05) is 30.3 Å². The minimum Gasteiger partial charge on any atom is -0.377 e. The number of aromatic nitrogens is 5. The van der Waals surface area contributed by atoms with Crippen molar-refractivity contribution in [2.24, 2.45) is 0 Å². The number of rotatable bonds is 5. The zero-order chi connectivity index (χ0) is 15.4. The fourth-order valence-electron chi connectivity index (χ4n) is 2.00. The van der Waals surface area contributed by atoms with Crippen LogP contribution in [0.25, 0.3) is 5.13 Å². The quantitative estimate of drug-likeness (QED) is 0.712. The molecule has 7 nitrogen and oxygen atoms in total. The Labute approximate surface area is 130 Å². The highest BCUT2D eigenvalue weighted by Gasteiger charge is 2.17. The van der Waals surface area contributed by atoms with Crippen molar-refractivity contribution < 1.29 is 4.74 Å². The first kappa shape index (κ1) is 14.3. The predicted octanol–water partition coefficient (Wildman–Crippen LogP) is 1.73. The molecule has 0 aliphatic rings. The van der Waals surface area contributed by atoms with Crippen LogP contribution in [-0.2, 0) is 17.8 Å². The largest absolute Gasteiger partial charge is 0.377 e. The van der Waals surface area contributed by atoms with Crippen molar-refractivity contribution in [3.63, 3.8) is 0 Å². The molecule has 0 radical (unpaired) electrons.